The first-order valence-electron chi connectivity index (χ1n) is 14.1. The number of aromatic nitrogens is 1. The van der Waals surface area contributed by atoms with Crippen LogP contribution in [0.15, 0.2) is 121 Å². The van der Waals surface area contributed by atoms with E-state index >= 15 is 0 Å². The van der Waals surface area contributed by atoms with Crippen molar-refractivity contribution < 1.29 is 10.0 Å². The number of benzene rings is 6. The van der Waals surface area contributed by atoms with E-state index in [0.29, 0.717) is 5.46 Å². The van der Waals surface area contributed by atoms with Crippen LogP contribution in [-0.2, 0) is 5.41 Å². The minimum Gasteiger partial charge on any atom is -0.423 e. The summed E-state index contributed by atoms with van der Waals surface area (Å²) in [6.07, 6.45) is 0. The molecule has 0 saturated heterocycles. The Morgan fingerprint density at radius 1 is 0.561 bits per heavy atom. The van der Waals surface area contributed by atoms with E-state index in [1.54, 1.807) is 0 Å². The zero-order chi connectivity index (χ0) is 27.9. The molecular weight excluding hydrogens is 501 g/mol. The Bertz CT molecular complexity index is 2170. The van der Waals surface area contributed by atoms with E-state index in [4.69, 9.17) is 0 Å². The number of hydrogen-bond acceptors (Lipinski definition) is 2. The Labute approximate surface area is 239 Å². The number of nitrogens with zero attached hydrogens (tertiary/aromatic N) is 1. The minimum atomic E-state index is -1.58. The Morgan fingerprint density at radius 3 is 2.17 bits per heavy atom. The molecule has 41 heavy (non-hydrogen) atoms. The maximum absolute atomic E-state index is 10.4. The van der Waals surface area contributed by atoms with Crippen LogP contribution in [0.3, 0.4) is 0 Å². The van der Waals surface area contributed by atoms with Crippen LogP contribution in [0.5, 0.6) is 0 Å². The van der Waals surface area contributed by atoms with Crippen molar-refractivity contribution in [1.82, 2.24) is 4.57 Å². The van der Waals surface area contributed by atoms with Crippen molar-refractivity contribution >= 4 is 45.2 Å². The average Bonchev–Trinajstić information content (AvgIpc) is 3.44. The SMILES string of the molecule is CC1(C)c2ccccc2-c2cc3c4ccccc4n(-c4cc(B(O)O)cc(-c5ccc6ccccc6c5)c4)c3cc21. The zero-order valence-corrected chi connectivity index (χ0v) is 23.0. The summed E-state index contributed by atoms with van der Waals surface area (Å²) in [6.45, 7) is 4.61. The largest absolute Gasteiger partial charge is 0.488 e. The fourth-order valence-electron chi connectivity index (χ4n) is 6.89. The molecule has 0 bridgehead atoms. The molecule has 6 aromatic carbocycles. The molecule has 0 fully saturated rings. The standard InChI is InChI=1S/C37H28BNO2/c1-37(2)33-13-7-5-11-29(33)31-21-32-30-12-6-8-14-35(30)39(36(32)22-34(31)37)28-19-26(18-27(20-28)38(40)41)25-16-15-23-9-3-4-10-24(23)17-25/h3-22,40-41H,1-2H3. The molecule has 0 aliphatic heterocycles. The van der Waals surface area contributed by atoms with Gasteiger partial charge in [0.05, 0.1) is 11.0 Å². The highest BCUT2D eigenvalue weighted by atomic mass is 16.4. The molecule has 2 N–H and O–H groups in total. The van der Waals surface area contributed by atoms with Crippen molar-refractivity contribution in [3.8, 4) is 27.9 Å². The molecular formula is C37H28BNO2. The van der Waals surface area contributed by atoms with Crippen LogP contribution in [0.2, 0.25) is 0 Å². The van der Waals surface area contributed by atoms with Crippen molar-refractivity contribution in [3.63, 3.8) is 0 Å². The molecule has 4 heteroatoms. The van der Waals surface area contributed by atoms with Gasteiger partial charge in [0.15, 0.2) is 0 Å². The van der Waals surface area contributed by atoms with Gasteiger partial charge in [0, 0.05) is 21.9 Å². The molecule has 1 aliphatic rings. The van der Waals surface area contributed by atoms with Crippen LogP contribution in [0.4, 0.5) is 0 Å². The third-order valence-electron chi connectivity index (χ3n) is 8.96. The van der Waals surface area contributed by atoms with Gasteiger partial charge in [0.1, 0.15) is 0 Å². The first kappa shape index (κ1) is 24.2. The maximum Gasteiger partial charge on any atom is 0.488 e. The molecule has 0 saturated carbocycles. The van der Waals surface area contributed by atoms with Gasteiger partial charge in [-0.1, -0.05) is 98.8 Å². The fourth-order valence-corrected chi connectivity index (χ4v) is 6.89. The van der Waals surface area contributed by atoms with Crippen molar-refractivity contribution in [2.24, 2.45) is 0 Å². The summed E-state index contributed by atoms with van der Waals surface area (Å²) in [5.41, 5.74) is 10.7. The molecule has 0 unspecified atom stereocenters. The van der Waals surface area contributed by atoms with E-state index in [2.05, 4.69) is 115 Å². The van der Waals surface area contributed by atoms with E-state index in [-0.39, 0.29) is 5.41 Å². The second-order valence-corrected chi connectivity index (χ2v) is 11.7. The minimum absolute atomic E-state index is 0.124. The van der Waals surface area contributed by atoms with Crippen molar-refractivity contribution in [2.45, 2.75) is 19.3 Å². The predicted octanol–water partition coefficient (Wildman–Crippen LogP) is 7.59. The molecule has 7 aromatic rings. The van der Waals surface area contributed by atoms with Gasteiger partial charge in [-0.3, -0.25) is 0 Å². The Morgan fingerprint density at radius 2 is 1.32 bits per heavy atom. The lowest BCUT2D eigenvalue weighted by Crippen LogP contribution is -2.30. The molecule has 8 rings (SSSR count). The Balaban J connectivity index is 1.42. The van der Waals surface area contributed by atoms with Gasteiger partial charge in [-0.25, -0.2) is 0 Å². The highest BCUT2D eigenvalue weighted by Crippen LogP contribution is 2.51. The summed E-state index contributed by atoms with van der Waals surface area (Å²) in [5.74, 6) is 0. The lowest BCUT2D eigenvalue weighted by Gasteiger charge is -2.22. The summed E-state index contributed by atoms with van der Waals surface area (Å²) in [4.78, 5) is 0. The second kappa shape index (κ2) is 8.68. The molecule has 1 aliphatic carbocycles. The summed E-state index contributed by atoms with van der Waals surface area (Å²) < 4.78 is 2.28. The molecule has 0 atom stereocenters. The smallest absolute Gasteiger partial charge is 0.423 e. The molecule has 0 radical (unpaired) electrons. The van der Waals surface area contributed by atoms with Crippen LogP contribution in [0.25, 0.3) is 60.5 Å². The highest BCUT2D eigenvalue weighted by molar-refractivity contribution is 6.58. The van der Waals surface area contributed by atoms with Crippen molar-refractivity contribution in [3.05, 3.63) is 132 Å². The van der Waals surface area contributed by atoms with Gasteiger partial charge in [-0.15, -0.1) is 0 Å². The third kappa shape index (κ3) is 3.55. The summed E-state index contributed by atoms with van der Waals surface area (Å²) in [6, 6.07) is 42.6. The highest BCUT2D eigenvalue weighted by Gasteiger charge is 2.36. The molecule has 196 valence electrons. The summed E-state index contributed by atoms with van der Waals surface area (Å²) >= 11 is 0. The topological polar surface area (TPSA) is 45.4 Å². The quantitative estimate of drug-likeness (QED) is 0.232. The molecule has 1 aromatic heterocycles. The van der Waals surface area contributed by atoms with E-state index < -0.39 is 7.12 Å². The molecule has 0 spiro atoms. The molecule has 0 amide bonds. The fraction of sp³-hybridized carbons (Fsp3) is 0.0811. The van der Waals surface area contributed by atoms with E-state index in [1.165, 1.54) is 38.4 Å². The average molecular weight is 529 g/mol. The number of fused-ring (bicyclic) bond motifs is 7. The van der Waals surface area contributed by atoms with Crippen LogP contribution in [0, 0.1) is 0 Å². The van der Waals surface area contributed by atoms with Crippen LogP contribution < -0.4 is 5.46 Å². The van der Waals surface area contributed by atoms with Gasteiger partial charge in [-0.2, -0.15) is 0 Å². The molecule has 3 nitrogen and oxygen atoms in total. The second-order valence-electron chi connectivity index (χ2n) is 11.7. The van der Waals surface area contributed by atoms with Gasteiger partial charge in [0.2, 0.25) is 0 Å². The summed E-state index contributed by atoms with van der Waals surface area (Å²) in [5, 5.41) is 25.4. The Hall–Kier alpha value is -4.64. The predicted molar refractivity (Wildman–Crippen MR) is 171 cm³/mol. The zero-order valence-electron chi connectivity index (χ0n) is 23.0. The van der Waals surface area contributed by atoms with E-state index in [0.717, 1.165) is 33.2 Å². The van der Waals surface area contributed by atoms with Crippen molar-refractivity contribution in [1.29, 1.82) is 0 Å². The van der Waals surface area contributed by atoms with E-state index in [9.17, 15) is 10.0 Å². The first-order valence-corrected chi connectivity index (χ1v) is 14.1. The number of rotatable bonds is 3. The Kier molecular flexibility index (Phi) is 5.12. The number of hydrogen-bond donors (Lipinski definition) is 2. The lowest BCUT2D eigenvalue weighted by atomic mass is 9.78. The van der Waals surface area contributed by atoms with Gasteiger partial charge >= 0.3 is 7.12 Å². The molecule has 1 heterocycles. The van der Waals surface area contributed by atoms with E-state index in [1.807, 2.05) is 24.3 Å². The van der Waals surface area contributed by atoms with Gasteiger partial charge < -0.3 is 14.6 Å². The normalized spacial score (nSPS) is 13.6. The van der Waals surface area contributed by atoms with Crippen LogP contribution in [-0.4, -0.2) is 21.7 Å². The van der Waals surface area contributed by atoms with Crippen LogP contribution in [0.1, 0.15) is 25.0 Å². The maximum atomic E-state index is 10.4. The lowest BCUT2D eigenvalue weighted by molar-refractivity contribution is 0.426. The van der Waals surface area contributed by atoms with Gasteiger partial charge in [0.25, 0.3) is 0 Å². The van der Waals surface area contributed by atoms with Crippen LogP contribution >= 0.6 is 0 Å². The van der Waals surface area contributed by atoms with Gasteiger partial charge in [-0.05, 0) is 86.0 Å². The third-order valence-corrected chi connectivity index (χ3v) is 8.96. The first-order chi connectivity index (χ1) is 19.9. The number of para-hydroxylation sites is 1. The van der Waals surface area contributed by atoms with Crippen molar-refractivity contribution in [2.75, 3.05) is 0 Å². The summed E-state index contributed by atoms with van der Waals surface area (Å²) in [7, 11) is -1.58. The monoisotopic (exact) mass is 529 g/mol.